The number of amides is 2. The van der Waals surface area contributed by atoms with Gasteiger partial charge in [-0.15, -0.1) is 0 Å². The Morgan fingerprint density at radius 2 is 1.65 bits per heavy atom. The summed E-state index contributed by atoms with van der Waals surface area (Å²) in [6, 6.07) is 5.07. The minimum absolute atomic E-state index is 0.136. The lowest BCUT2D eigenvalue weighted by Crippen LogP contribution is -2.51. The lowest BCUT2D eigenvalue weighted by molar-refractivity contribution is 0.194. The van der Waals surface area contributed by atoms with Crippen molar-refractivity contribution in [2.75, 3.05) is 31.1 Å². The Balaban J connectivity index is 1.55. The number of nitrogens with zero attached hydrogens (tertiary/aromatic N) is 3. The van der Waals surface area contributed by atoms with Crippen molar-refractivity contribution >= 4 is 58.1 Å². The Hall–Kier alpha value is -1.40. The molecule has 1 fully saturated rings. The molecule has 0 spiro atoms. The average Bonchev–Trinajstić information content (AvgIpc) is 2.61. The molecule has 0 atom stereocenters. The maximum Gasteiger partial charge on any atom is 0.317 e. The summed E-state index contributed by atoms with van der Waals surface area (Å²) in [6.07, 6.45) is 3.13. The third kappa shape index (κ3) is 4.46. The number of hydrogen-bond acceptors (Lipinski definition) is 3. The molecule has 3 rings (SSSR count). The number of anilines is 1. The fourth-order valence-corrected chi connectivity index (χ4v) is 3.87. The second kappa shape index (κ2) is 8.53. The van der Waals surface area contributed by atoms with Crippen LogP contribution < -0.4 is 10.2 Å². The van der Waals surface area contributed by atoms with Crippen LogP contribution in [-0.2, 0) is 6.54 Å². The number of benzene rings is 1. The molecule has 0 saturated carbocycles. The highest BCUT2D eigenvalue weighted by atomic mass is 35.5. The first kappa shape index (κ1) is 19.4. The van der Waals surface area contributed by atoms with Crippen molar-refractivity contribution < 1.29 is 4.79 Å². The van der Waals surface area contributed by atoms with Gasteiger partial charge in [-0.05, 0) is 17.7 Å². The number of carbonyl (C=O) groups is 1. The average molecular weight is 434 g/mol. The van der Waals surface area contributed by atoms with Crippen molar-refractivity contribution in [3.8, 4) is 0 Å². The van der Waals surface area contributed by atoms with Gasteiger partial charge in [0, 0.05) is 55.2 Å². The highest BCUT2D eigenvalue weighted by molar-refractivity contribution is 6.39. The molecule has 2 amide bonds. The van der Waals surface area contributed by atoms with Crippen molar-refractivity contribution in [1.29, 1.82) is 0 Å². The predicted molar refractivity (Wildman–Crippen MR) is 107 cm³/mol. The monoisotopic (exact) mass is 432 g/mol. The van der Waals surface area contributed by atoms with Gasteiger partial charge in [0.1, 0.15) is 0 Å². The van der Waals surface area contributed by atoms with Crippen molar-refractivity contribution in [2.45, 2.75) is 6.54 Å². The summed E-state index contributed by atoms with van der Waals surface area (Å²) in [6.45, 7) is 2.75. The van der Waals surface area contributed by atoms with E-state index in [4.69, 9.17) is 46.4 Å². The van der Waals surface area contributed by atoms with Crippen LogP contribution in [0.1, 0.15) is 5.56 Å². The van der Waals surface area contributed by atoms with Crippen molar-refractivity contribution in [3.63, 3.8) is 0 Å². The third-order valence-corrected chi connectivity index (χ3v) is 5.30. The van der Waals surface area contributed by atoms with Crippen LogP contribution in [-0.4, -0.2) is 42.1 Å². The zero-order chi connectivity index (χ0) is 18.7. The molecule has 26 heavy (non-hydrogen) atoms. The molecule has 2 aromatic rings. The number of pyridine rings is 1. The van der Waals surface area contributed by atoms with Crippen LogP contribution in [0.15, 0.2) is 30.6 Å². The summed E-state index contributed by atoms with van der Waals surface area (Å²) < 4.78 is 0. The third-order valence-electron chi connectivity index (χ3n) is 4.16. The highest BCUT2D eigenvalue weighted by Crippen LogP contribution is 2.33. The predicted octanol–water partition coefficient (Wildman–Crippen LogP) is 4.73. The molecular formula is C17H16Cl4N4O. The summed E-state index contributed by atoms with van der Waals surface area (Å²) in [5, 5.41) is 5.00. The molecule has 0 bridgehead atoms. The quantitative estimate of drug-likeness (QED) is 0.761. The smallest absolute Gasteiger partial charge is 0.317 e. The molecule has 2 heterocycles. The number of piperazine rings is 1. The van der Waals surface area contributed by atoms with Crippen LogP contribution >= 0.6 is 46.4 Å². The van der Waals surface area contributed by atoms with E-state index in [1.165, 1.54) is 0 Å². The SMILES string of the molecule is O=C(NCc1ccc(Cl)cc1Cl)N1CCN(c2c(Cl)cncc2Cl)CC1. The highest BCUT2D eigenvalue weighted by Gasteiger charge is 2.24. The van der Waals surface area contributed by atoms with E-state index in [-0.39, 0.29) is 6.03 Å². The maximum absolute atomic E-state index is 12.4. The van der Waals surface area contributed by atoms with Gasteiger partial charge in [0.15, 0.2) is 0 Å². The zero-order valence-corrected chi connectivity index (χ0v) is 16.7. The van der Waals surface area contributed by atoms with Gasteiger partial charge in [-0.1, -0.05) is 52.5 Å². The Bertz CT molecular complexity index is 789. The first-order valence-corrected chi connectivity index (χ1v) is 9.47. The zero-order valence-electron chi connectivity index (χ0n) is 13.7. The molecule has 0 unspecified atom stereocenters. The van der Waals surface area contributed by atoms with E-state index in [9.17, 15) is 4.79 Å². The number of hydrogen-bond donors (Lipinski definition) is 1. The van der Waals surface area contributed by atoms with Crippen LogP contribution in [0.3, 0.4) is 0 Å². The molecule has 1 aromatic heterocycles. The van der Waals surface area contributed by atoms with Crippen molar-refractivity contribution in [1.82, 2.24) is 15.2 Å². The maximum atomic E-state index is 12.4. The van der Waals surface area contributed by atoms with E-state index in [2.05, 4.69) is 15.2 Å². The largest absolute Gasteiger partial charge is 0.365 e. The normalized spacial score (nSPS) is 14.5. The number of urea groups is 1. The summed E-state index contributed by atoms with van der Waals surface area (Å²) in [5.74, 6) is 0. The van der Waals surface area contributed by atoms with Crippen molar-refractivity contribution in [2.24, 2.45) is 0 Å². The van der Waals surface area contributed by atoms with E-state index in [0.717, 1.165) is 11.3 Å². The van der Waals surface area contributed by atoms with Gasteiger partial charge in [0.05, 0.1) is 15.7 Å². The molecule has 1 aliphatic heterocycles. The molecule has 0 aliphatic carbocycles. The number of carbonyl (C=O) groups excluding carboxylic acids is 1. The van der Waals surface area contributed by atoms with Gasteiger partial charge < -0.3 is 15.1 Å². The molecule has 1 aromatic carbocycles. The minimum Gasteiger partial charge on any atom is -0.365 e. The van der Waals surface area contributed by atoms with Crippen molar-refractivity contribution in [3.05, 3.63) is 56.2 Å². The number of rotatable bonds is 3. The molecule has 0 radical (unpaired) electrons. The first-order chi connectivity index (χ1) is 12.5. The molecule has 1 N–H and O–H groups in total. The van der Waals surface area contributed by atoms with E-state index < -0.39 is 0 Å². The fraction of sp³-hybridized carbons (Fsp3) is 0.294. The lowest BCUT2D eigenvalue weighted by atomic mass is 10.2. The van der Waals surface area contributed by atoms with E-state index >= 15 is 0 Å². The molecular weight excluding hydrogens is 418 g/mol. The second-order valence-corrected chi connectivity index (χ2v) is 7.48. The number of nitrogens with one attached hydrogen (secondary N) is 1. The van der Waals surface area contributed by atoms with Gasteiger partial charge in [-0.25, -0.2) is 4.79 Å². The van der Waals surface area contributed by atoms with E-state index in [1.54, 1.807) is 35.5 Å². The standard InChI is InChI=1S/C17H16Cl4N4O/c18-12-2-1-11(13(19)7-12)8-23-17(26)25-5-3-24(4-6-25)16-14(20)9-22-10-15(16)21/h1-2,7,9-10H,3-6,8H2,(H,23,26). The summed E-state index contributed by atoms with van der Waals surface area (Å²) >= 11 is 24.4. The van der Waals surface area contributed by atoms with E-state index in [0.29, 0.717) is 52.8 Å². The lowest BCUT2D eigenvalue weighted by Gasteiger charge is -2.36. The second-order valence-electron chi connectivity index (χ2n) is 5.82. The topological polar surface area (TPSA) is 48.5 Å². The minimum atomic E-state index is -0.136. The Labute approximate surface area is 171 Å². The van der Waals surface area contributed by atoms with Crippen LogP contribution in [0, 0.1) is 0 Å². The van der Waals surface area contributed by atoms with Crippen LogP contribution in [0.25, 0.3) is 0 Å². The van der Waals surface area contributed by atoms with Crippen LogP contribution in [0.5, 0.6) is 0 Å². The van der Waals surface area contributed by atoms with Gasteiger partial charge in [0.25, 0.3) is 0 Å². The van der Waals surface area contributed by atoms with Crippen LogP contribution in [0.4, 0.5) is 10.5 Å². The van der Waals surface area contributed by atoms with Gasteiger partial charge in [-0.2, -0.15) is 0 Å². The van der Waals surface area contributed by atoms with E-state index in [1.807, 2.05) is 0 Å². The molecule has 138 valence electrons. The Kier molecular flexibility index (Phi) is 6.35. The number of aromatic nitrogens is 1. The number of halogens is 4. The molecule has 1 saturated heterocycles. The van der Waals surface area contributed by atoms with Crippen LogP contribution in [0.2, 0.25) is 20.1 Å². The summed E-state index contributed by atoms with van der Waals surface area (Å²) in [7, 11) is 0. The molecule has 1 aliphatic rings. The Morgan fingerprint density at radius 1 is 1.00 bits per heavy atom. The van der Waals surface area contributed by atoms with Gasteiger partial charge >= 0.3 is 6.03 Å². The van der Waals surface area contributed by atoms with Gasteiger partial charge in [-0.3, -0.25) is 4.98 Å². The Morgan fingerprint density at radius 3 is 2.27 bits per heavy atom. The van der Waals surface area contributed by atoms with Gasteiger partial charge in [0.2, 0.25) is 0 Å². The summed E-state index contributed by atoms with van der Waals surface area (Å²) in [4.78, 5) is 20.2. The molecule has 9 heteroatoms. The summed E-state index contributed by atoms with van der Waals surface area (Å²) in [5.41, 5.74) is 1.58. The molecule has 5 nitrogen and oxygen atoms in total. The fourth-order valence-electron chi connectivity index (χ4n) is 2.79. The first-order valence-electron chi connectivity index (χ1n) is 7.96.